The van der Waals surface area contributed by atoms with Crippen molar-refractivity contribution in [3.8, 4) is 0 Å². The maximum absolute atomic E-state index is 10.9. The van der Waals surface area contributed by atoms with E-state index < -0.39 is 11.4 Å². The lowest BCUT2D eigenvalue weighted by Crippen LogP contribution is -2.49. The van der Waals surface area contributed by atoms with Crippen LogP contribution in [0.3, 0.4) is 0 Å². The zero-order chi connectivity index (χ0) is 11.5. The molecule has 15 heavy (non-hydrogen) atoms. The highest BCUT2D eigenvalue weighted by Gasteiger charge is 2.24. The lowest BCUT2D eigenvalue weighted by Gasteiger charge is -2.19. The van der Waals surface area contributed by atoms with Crippen LogP contribution in [0, 0.1) is 6.92 Å². The first kappa shape index (κ1) is 11.7. The Morgan fingerprint density at radius 2 is 2.33 bits per heavy atom. The summed E-state index contributed by atoms with van der Waals surface area (Å²) in [5, 5.41) is 4.23. The second-order valence-corrected chi connectivity index (χ2v) is 4.11. The number of aryl methyl sites for hydroxylation is 2. The van der Waals surface area contributed by atoms with Crippen LogP contribution in [0.25, 0.3) is 0 Å². The minimum Gasteiger partial charge on any atom is -0.368 e. The van der Waals surface area contributed by atoms with Gasteiger partial charge >= 0.3 is 0 Å². The molecule has 1 heterocycles. The average Bonchev–Trinajstić information content (AvgIpc) is 2.51. The molecule has 5 nitrogen and oxygen atoms in total. The fraction of sp³-hybridized carbons (Fsp3) is 0.600. The van der Waals surface area contributed by atoms with Crippen molar-refractivity contribution in [2.24, 2.45) is 11.5 Å². The molecule has 1 amide bonds. The molecule has 4 N–H and O–H groups in total. The zero-order valence-corrected chi connectivity index (χ0v) is 9.23. The Bertz CT molecular complexity index is 343. The number of amides is 1. The van der Waals surface area contributed by atoms with E-state index >= 15 is 0 Å². The van der Waals surface area contributed by atoms with Gasteiger partial charge in [-0.2, -0.15) is 5.10 Å². The van der Waals surface area contributed by atoms with Crippen molar-refractivity contribution in [1.82, 2.24) is 9.78 Å². The van der Waals surface area contributed by atoms with E-state index in [-0.39, 0.29) is 0 Å². The van der Waals surface area contributed by atoms with Crippen LogP contribution in [0.4, 0.5) is 0 Å². The fourth-order valence-electron chi connectivity index (χ4n) is 1.32. The van der Waals surface area contributed by atoms with E-state index in [1.165, 1.54) is 0 Å². The van der Waals surface area contributed by atoms with Gasteiger partial charge in [0.1, 0.15) is 0 Å². The largest absolute Gasteiger partial charge is 0.368 e. The normalized spacial score (nSPS) is 14.9. The molecule has 0 spiro atoms. The molecule has 84 valence electrons. The monoisotopic (exact) mass is 210 g/mol. The second-order valence-electron chi connectivity index (χ2n) is 4.11. The summed E-state index contributed by atoms with van der Waals surface area (Å²) in [6.45, 7) is 4.35. The second kappa shape index (κ2) is 4.44. The molecule has 0 fully saturated rings. The number of hydrogen-bond acceptors (Lipinski definition) is 3. The summed E-state index contributed by atoms with van der Waals surface area (Å²) in [6.07, 6.45) is 3.27. The molecule has 1 aromatic heterocycles. The molecule has 1 atom stereocenters. The van der Waals surface area contributed by atoms with Crippen LogP contribution >= 0.6 is 0 Å². The summed E-state index contributed by atoms with van der Waals surface area (Å²) in [5.74, 6) is -0.459. The van der Waals surface area contributed by atoms with Gasteiger partial charge in [-0.05, 0) is 32.8 Å². The maximum atomic E-state index is 10.9. The molecule has 0 saturated heterocycles. The molecule has 1 unspecified atom stereocenters. The van der Waals surface area contributed by atoms with Crippen molar-refractivity contribution in [1.29, 1.82) is 0 Å². The molecular weight excluding hydrogens is 192 g/mol. The van der Waals surface area contributed by atoms with E-state index in [9.17, 15) is 4.79 Å². The average molecular weight is 210 g/mol. The van der Waals surface area contributed by atoms with Gasteiger partial charge in [-0.15, -0.1) is 0 Å². The minimum atomic E-state index is -0.914. The van der Waals surface area contributed by atoms with Gasteiger partial charge in [0.2, 0.25) is 5.91 Å². The van der Waals surface area contributed by atoms with E-state index in [0.29, 0.717) is 6.42 Å². The van der Waals surface area contributed by atoms with E-state index in [0.717, 1.165) is 18.7 Å². The number of primary amides is 1. The van der Waals surface area contributed by atoms with Crippen molar-refractivity contribution in [3.05, 3.63) is 18.0 Å². The quantitative estimate of drug-likeness (QED) is 0.726. The molecule has 0 aliphatic carbocycles. The standard InChI is InChI=1S/C10H18N4O/c1-8-4-7-14(13-8)6-3-5-10(2,12)9(11)15/h4,7H,3,5-6,12H2,1-2H3,(H2,11,15). The molecule has 1 rings (SSSR count). The van der Waals surface area contributed by atoms with Gasteiger partial charge in [0.25, 0.3) is 0 Å². The Hall–Kier alpha value is -1.36. The highest BCUT2D eigenvalue weighted by molar-refractivity contribution is 5.83. The molecule has 0 radical (unpaired) electrons. The zero-order valence-electron chi connectivity index (χ0n) is 9.23. The Kier molecular flexibility index (Phi) is 3.47. The molecule has 1 aromatic rings. The van der Waals surface area contributed by atoms with Crippen molar-refractivity contribution in [2.45, 2.75) is 38.8 Å². The molecule has 0 aliphatic heterocycles. The van der Waals surface area contributed by atoms with Gasteiger partial charge < -0.3 is 11.5 Å². The van der Waals surface area contributed by atoms with Gasteiger partial charge in [0.15, 0.2) is 0 Å². The van der Waals surface area contributed by atoms with Crippen LogP contribution in [0.2, 0.25) is 0 Å². The Morgan fingerprint density at radius 1 is 1.67 bits per heavy atom. The molecule has 0 aliphatic rings. The lowest BCUT2D eigenvalue weighted by atomic mass is 9.96. The van der Waals surface area contributed by atoms with E-state index in [1.54, 1.807) is 6.92 Å². The number of nitrogens with two attached hydrogens (primary N) is 2. The van der Waals surface area contributed by atoms with Crippen LogP contribution in [-0.4, -0.2) is 21.2 Å². The molecule has 0 bridgehead atoms. The summed E-state index contributed by atoms with van der Waals surface area (Å²) in [4.78, 5) is 10.9. The third-order valence-corrected chi connectivity index (χ3v) is 2.42. The first-order valence-electron chi connectivity index (χ1n) is 5.01. The van der Waals surface area contributed by atoms with Gasteiger partial charge in [0.05, 0.1) is 11.2 Å². The molecule has 5 heteroatoms. The van der Waals surface area contributed by atoms with Gasteiger partial charge in [-0.1, -0.05) is 0 Å². The molecular formula is C10H18N4O. The highest BCUT2D eigenvalue weighted by atomic mass is 16.1. The van der Waals surface area contributed by atoms with Crippen LogP contribution in [0.1, 0.15) is 25.5 Å². The van der Waals surface area contributed by atoms with Crippen molar-refractivity contribution in [3.63, 3.8) is 0 Å². The van der Waals surface area contributed by atoms with Crippen molar-refractivity contribution in [2.75, 3.05) is 0 Å². The first-order valence-corrected chi connectivity index (χ1v) is 5.01. The summed E-state index contributed by atoms with van der Waals surface area (Å²) in [7, 11) is 0. The van der Waals surface area contributed by atoms with Crippen molar-refractivity contribution < 1.29 is 4.79 Å². The van der Waals surface area contributed by atoms with E-state index in [4.69, 9.17) is 11.5 Å². The Balaban J connectivity index is 2.36. The number of rotatable bonds is 5. The van der Waals surface area contributed by atoms with Crippen LogP contribution in [0.15, 0.2) is 12.3 Å². The molecule has 0 aromatic carbocycles. The number of nitrogens with zero attached hydrogens (tertiary/aromatic N) is 2. The topological polar surface area (TPSA) is 86.9 Å². The lowest BCUT2D eigenvalue weighted by molar-refractivity contribution is -0.122. The number of hydrogen-bond donors (Lipinski definition) is 2. The SMILES string of the molecule is Cc1ccn(CCCC(C)(N)C(N)=O)n1. The summed E-state index contributed by atoms with van der Waals surface area (Å²) in [5.41, 5.74) is 11.0. The number of carbonyl (C=O) groups is 1. The number of carbonyl (C=O) groups excluding carboxylic acids is 1. The maximum Gasteiger partial charge on any atom is 0.237 e. The highest BCUT2D eigenvalue weighted by Crippen LogP contribution is 2.09. The Labute approximate surface area is 89.4 Å². The van der Waals surface area contributed by atoms with Crippen LogP contribution < -0.4 is 11.5 Å². The predicted octanol–water partition coefficient (Wildman–Crippen LogP) is 0.174. The van der Waals surface area contributed by atoms with Crippen molar-refractivity contribution >= 4 is 5.91 Å². The smallest absolute Gasteiger partial charge is 0.237 e. The summed E-state index contributed by atoms with van der Waals surface area (Å²) < 4.78 is 1.84. The summed E-state index contributed by atoms with van der Waals surface area (Å²) in [6, 6.07) is 1.94. The van der Waals surface area contributed by atoms with E-state index in [2.05, 4.69) is 5.10 Å². The minimum absolute atomic E-state index is 0.459. The summed E-state index contributed by atoms with van der Waals surface area (Å²) >= 11 is 0. The van der Waals surface area contributed by atoms with Crippen LogP contribution in [0.5, 0.6) is 0 Å². The van der Waals surface area contributed by atoms with Gasteiger partial charge in [0, 0.05) is 12.7 Å². The van der Waals surface area contributed by atoms with Crippen LogP contribution in [-0.2, 0) is 11.3 Å². The Morgan fingerprint density at radius 3 is 2.80 bits per heavy atom. The third kappa shape index (κ3) is 3.36. The van der Waals surface area contributed by atoms with E-state index in [1.807, 2.05) is 23.9 Å². The molecule has 0 saturated carbocycles. The third-order valence-electron chi connectivity index (χ3n) is 2.42. The van der Waals surface area contributed by atoms with Gasteiger partial charge in [-0.25, -0.2) is 0 Å². The predicted molar refractivity (Wildman–Crippen MR) is 58.0 cm³/mol. The number of aromatic nitrogens is 2. The van der Waals surface area contributed by atoms with Gasteiger partial charge in [-0.3, -0.25) is 9.48 Å². The first-order chi connectivity index (χ1) is 6.92. The fourth-order valence-corrected chi connectivity index (χ4v) is 1.32.